The molecule has 2 saturated heterocycles. The average molecular weight is 628 g/mol. The largest absolute Gasteiger partial charge is 0.462 e. The summed E-state index contributed by atoms with van der Waals surface area (Å²) in [6.07, 6.45) is 3.54. The number of aryl methyl sites for hydroxylation is 1. The molecule has 0 radical (unpaired) electrons. The van der Waals surface area contributed by atoms with Gasteiger partial charge in [-0.1, -0.05) is 36.4 Å². The lowest BCUT2D eigenvalue weighted by atomic mass is 9.99. The molecule has 0 bridgehead atoms. The number of piperazine rings is 1. The van der Waals surface area contributed by atoms with E-state index in [0.717, 1.165) is 30.0 Å². The summed E-state index contributed by atoms with van der Waals surface area (Å²) in [6, 6.07) is 12.8. The molecule has 0 unspecified atom stereocenters. The number of anilines is 2. The third kappa shape index (κ3) is 6.64. The predicted octanol–water partition coefficient (Wildman–Crippen LogP) is 4.06. The number of rotatable bonds is 9. The molecule has 2 aromatic carbocycles. The number of nitrogens with zero attached hydrogens (tertiary/aromatic N) is 7. The smallest absolute Gasteiger partial charge is 0.318 e. The number of halogens is 1. The number of ether oxygens (including phenoxy) is 2. The number of fused-ring (bicyclic) bond motifs is 2. The van der Waals surface area contributed by atoms with Gasteiger partial charge in [-0.15, -0.1) is 0 Å². The van der Waals surface area contributed by atoms with E-state index < -0.39 is 6.17 Å². The third-order valence-electron chi connectivity index (χ3n) is 9.39. The highest BCUT2D eigenvalue weighted by atomic mass is 19.1. The van der Waals surface area contributed by atoms with Crippen molar-refractivity contribution >= 4 is 28.2 Å². The van der Waals surface area contributed by atoms with Crippen molar-refractivity contribution in [3.05, 3.63) is 76.8 Å². The minimum absolute atomic E-state index is 0.0444. The Morgan fingerprint density at radius 1 is 1.11 bits per heavy atom. The van der Waals surface area contributed by atoms with Crippen LogP contribution in [-0.2, 0) is 22.5 Å². The molecule has 0 saturated carbocycles. The molecule has 0 aliphatic carbocycles. The van der Waals surface area contributed by atoms with Crippen molar-refractivity contribution < 1.29 is 18.7 Å². The Morgan fingerprint density at radius 3 is 2.70 bits per heavy atom. The fraction of sp³-hybridized carbons (Fsp3) is 0.486. The van der Waals surface area contributed by atoms with Crippen molar-refractivity contribution in [2.75, 3.05) is 76.4 Å². The lowest BCUT2D eigenvalue weighted by Crippen LogP contribution is -2.56. The van der Waals surface area contributed by atoms with E-state index in [1.165, 1.54) is 28.1 Å². The number of alkyl halides is 1. The van der Waals surface area contributed by atoms with E-state index >= 15 is 0 Å². The summed E-state index contributed by atoms with van der Waals surface area (Å²) in [5.41, 5.74) is 4.39. The van der Waals surface area contributed by atoms with Gasteiger partial charge in [-0.25, -0.2) is 11.0 Å². The molecular formula is C35H42FN7O3. The second-order valence-electron chi connectivity index (χ2n) is 12.4. The molecule has 3 atom stereocenters. The first-order chi connectivity index (χ1) is 22.4. The highest BCUT2D eigenvalue weighted by Gasteiger charge is 2.35. The van der Waals surface area contributed by atoms with Gasteiger partial charge in [-0.05, 0) is 43.8 Å². The van der Waals surface area contributed by atoms with Crippen LogP contribution in [0.4, 0.5) is 15.9 Å². The van der Waals surface area contributed by atoms with E-state index in [9.17, 15) is 9.18 Å². The van der Waals surface area contributed by atoms with E-state index in [1.807, 2.05) is 11.9 Å². The molecule has 11 heteroatoms. The average Bonchev–Trinajstić information content (AvgIpc) is 3.39. The number of methoxy groups -OCH3 is 1. The van der Waals surface area contributed by atoms with E-state index in [2.05, 4.69) is 58.0 Å². The Labute approximate surface area is 270 Å². The first-order valence-corrected chi connectivity index (χ1v) is 16.0. The van der Waals surface area contributed by atoms with Crippen LogP contribution in [0, 0.1) is 13.5 Å². The second kappa shape index (κ2) is 14.0. The number of likely N-dealkylation sites (N-methyl/N-ethyl adjacent to an activating group) is 1. The number of carbonyl (C=O) groups is 1. The first kappa shape index (κ1) is 31.7. The molecule has 2 fully saturated rings. The molecule has 10 nitrogen and oxygen atoms in total. The van der Waals surface area contributed by atoms with Gasteiger partial charge in [0.05, 0.1) is 18.8 Å². The van der Waals surface area contributed by atoms with Crippen molar-refractivity contribution in [1.29, 1.82) is 0 Å². The fourth-order valence-corrected chi connectivity index (χ4v) is 7.01. The van der Waals surface area contributed by atoms with Gasteiger partial charge < -0.3 is 29.0 Å². The van der Waals surface area contributed by atoms with Gasteiger partial charge in [0.15, 0.2) is 0 Å². The normalized spacial score (nSPS) is 22.0. The molecule has 242 valence electrons. The van der Waals surface area contributed by atoms with Crippen molar-refractivity contribution in [3.8, 4) is 6.01 Å². The quantitative estimate of drug-likeness (QED) is 0.260. The van der Waals surface area contributed by atoms with Crippen molar-refractivity contribution in [3.63, 3.8) is 0 Å². The van der Waals surface area contributed by atoms with Crippen LogP contribution in [0.3, 0.4) is 0 Å². The number of carbonyl (C=O) groups excluding carboxylic acids is 1. The van der Waals surface area contributed by atoms with Crippen LogP contribution in [0.2, 0.25) is 0 Å². The van der Waals surface area contributed by atoms with Gasteiger partial charge in [-0.3, -0.25) is 9.69 Å². The number of likely N-dealkylation sites (tertiary alicyclic amines) is 1. The number of hydrogen-bond donors (Lipinski definition) is 0. The minimum atomic E-state index is -0.862. The molecule has 0 N–H and O–H groups in total. The van der Waals surface area contributed by atoms with Crippen LogP contribution < -0.4 is 14.5 Å². The molecular weight excluding hydrogens is 585 g/mol. The number of amides is 1. The Morgan fingerprint density at radius 2 is 1.93 bits per heavy atom. The molecule has 1 amide bonds. The van der Waals surface area contributed by atoms with Gasteiger partial charge in [0, 0.05) is 68.6 Å². The van der Waals surface area contributed by atoms with Gasteiger partial charge in [0.25, 0.3) is 0 Å². The van der Waals surface area contributed by atoms with Gasteiger partial charge in [0.1, 0.15) is 24.6 Å². The van der Waals surface area contributed by atoms with Crippen molar-refractivity contribution in [2.45, 2.75) is 44.6 Å². The zero-order chi connectivity index (χ0) is 32.2. The summed E-state index contributed by atoms with van der Waals surface area (Å²) in [6.45, 7) is 13.9. The zero-order valence-corrected chi connectivity index (χ0v) is 26.9. The Bertz CT molecular complexity index is 1640. The summed E-state index contributed by atoms with van der Waals surface area (Å²) in [4.78, 5) is 34.9. The third-order valence-corrected chi connectivity index (χ3v) is 9.39. The van der Waals surface area contributed by atoms with Crippen molar-refractivity contribution in [2.24, 2.45) is 0 Å². The maximum atomic E-state index is 14.1. The molecule has 46 heavy (non-hydrogen) atoms. The molecule has 3 aliphatic heterocycles. The lowest BCUT2D eigenvalue weighted by molar-refractivity contribution is -0.128. The van der Waals surface area contributed by atoms with Crippen LogP contribution >= 0.6 is 0 Å². The van der Waals surface area contributed by atoms with Gasteiger partial charge >= 0.3 is 6.01 Å². The monoisotopic (exact) mass is 627 g/mol. The Hall–Kier alpha value is -4.27. The zero-order valence-electron chi connectivity index (χ0n) is 26.9. The highest BCUT2D eigenvalue weighted by molar-refractivity contribution is 5.97. The summed E-state index contributed by atoms with van der Waals surface area (Å²) in [5.74, 6) is 0.681. The number of hydrogen-bond acceptors (Lipinski definition) is 8. The number of aromatic nitrogens is 2. The van der Waals surface area contributed by atoms with Crippen LogP contribution in [0.5, 0.6) is 6.01 Å². The summed E-state index contributed by atoms with van der Waals surface area (Å²) in [5, 5.41) is 2.45. The highest BCUT2D eigenvalue weighted by Crippen LogP contribution is 2.36. The van der Waals surface area contributed by atoms with Crippen LogP contribution in [-0.4, -0.2) is 111 Å². The van der Waals surface area contributed by atoms with Gasteiger partial charge in [0.2, 0.25) is 12.5 Å². The number of benzene rings is 2. The lowest BCUT2D eigenvalue weighted by Gasteiger charge is -2.41. The van der Waals surface area contributed by atoms with Crippen LogP contribution in [0.15, 0.2) is 48.6 Å². The fourth-order valence-electron chi connectivity index (χ4n) is 7.01. The van der Waals surface area contributed by atoms with Crippen LogP contribution in [0.25, 0.3) is 15.6 Å². The van der Waals surface area contributed by atoms with Crippen molar-refractivity contribution in [1.82, 2.24) is 19.8 Å². The first-order valence-electron chi connectivity index (χ1n) is 16.0. The topological polar surface area (TPSA) is 78.6 Å². The van der Waals surface area contributed by atoms with E-state index in [4.69, 9.17) is 26.0 Å². The molecule has 3 aliphatic rings. The summed E-state index contributed by atoms with van der Waals surface area (Å²) < 4.78 is 25.4. The summed E-state index contributed by atoms with van der Waals surface area (Å²) >= 11 is 0. The molecule has 0 spiro atoms. The van der Waals surface area contributed by atoms with E-state index in [1.54, 1.807) is 18.1 Å². The van der Waals surface area contributed by atoms with E-state index in [-0.39, 0.29) is 30.5 Å². The predicted molar refractivity (Wildman–Crippen MR) is 177 cm³/mol. The molecule has 3 aromatic rings. The molecule has 1 aromatic heterocycles. The Kier molecular flexibility index (Phi) is 9.66. The van der Waals surface area contributed by atoms with Gasteiger partial charge in [-0.2, -0.15) is 9.97 Å². The van der Waals surface area contributed by atoms with Crippen LogP contribution in [0.1, 0.15) is 23.2 Å². The second-order valence-corrected chi connectivity index (χ2v) is 12.4. The maximum absolute atomic E-state index is 14.1. The van der Waals surface area contributed by atoms with E-state index in [0.29, 0.717) is 52.4 Å². The standard InChI is InChI=1S/C35H42FN7O3/c1-24-8-5-9-25-10-6-11-31(33(24)25)41-14-13-29-30(22-41)38-35(46-23-27-18-26(36)20-40(27)3)39-34(29)42-15-16-43(28(21-42)19-37-2)32(44)12-7-17-45-4/h5-12,26-28H,13-23H2,1,3-4H3/b12-7+/t26-,27-,28+/m1/s1. The minimum Gasteiger partial charge on any atom is -0.462 e. The maximum Gasteiger partial charge on any atom is 0.318 e. The SMILES string of the molecule is [C-]#[N+]C[C@H]1CN(c2nc(OC[C@H]3C[C@@H](F)CN3C)nc3c2CCN(c2cccc4cccc(C)c24)C3)CCN1C(=O)/C=C/COC. The molecule has 6 rings (SSSR count). The Balaban J connectivity index is 1.31. The summed E-state index contributed by atoms with van der Waals surface area (Å²) in [7, 11) is 3.50. The molecule has 4 heterocycles.